The Bertz CT molecular complexity index is 742. The van der Waals surface area contributed by atoms with Crippen molar-refractivity contribution in [1.82, 2.24) is 15.1 Å². The SMILES string of the molecule is Cc1nn(C(F)F)cc1-c1cccc(C(=O)NC[C@H]2COCCO2)c1. The van der Waals surface area contributed by atoms with Crippen LogP contribution in [0.15, 0.2) is 30.5 Å². The topological polar surface area (TPSA) is 65.4 Å². The summed E-state index contributed by atoms with van der Waals surface area (Å²) in [5, 5.41) is 6.59. The number of benzene rings is 1. The van der Waals surface area contributed by atoms with E-state index in [4.69, 9.17) is 9.47 Å². The van der Waals surface area contributed by atoms with Crippen molar-refractivity contribution in [2.24, 2.45) is 0 Å². The van der Waals surface area contributed by atoms with Crippen LogP contribution in [-0.4, -0.2) is 48.2 Å². The van der Waals surface area contributed by atoms with Gasteiger partial charge in [0.25, 0.3) is 5.91 Å². The average molecular weight is 351 g/mol. The molecule has 1 aromatic carbocycles. The van der Waals surface area contributed by atoms with Crippen LogP contribution in [0.1, 0.15) is 22.6 Å². The van der Waals surface area contributed by atoms with Gasteiger partial charge < -0.3 is 14.8 Å². The molecule has 0 bridgehead atoms. The van der Waals surface area contributed by atoms with Crippen LogP contribution in [0.25, 0.3) is 11.1 Å². The number of hydrogen-bond donors (Lipinski definition) is 1. The summed E-state index contributed by atoms with van der Waals surface area (Å²) in [4.78, 5) is 12.3. The molecular formula is C17H19F2N3O3. The number of carbonyl (C=O) groups excluding carboxylic acids is 1. The summed E-state index contributed by atoms with van der Waals surface area (Å²) in [5.74, 6) is -0.255. The van der Waals surface area contributed by atoms with E-state index in [1.165, 1.54) is 6.20 Å². The minimum atomic E-state index is -2.70. The van der Waals surface area contributed by atoms with Crippen molar-refractivity contribution < 1.29 is 23.0 Å². The maximum absolute atomic E-state index is 12.8. The molecule has 1 N–H and O–H groups in total. The van der Waals surface area contributed by atoms with Crippen molar-refractivity contribution in [2.75, 3.05) is 26.4 Å². The van der Waals surface area contributed by atoms with Crippen LogP contribution in [0.4, 0.5) is 8.78 Å². The van der Waals surface area contributed by atoms with Crippen LogP contribution < -0.4 is 5.32 Å². The van der Waals surface area contributed by atoms with E-state index in [0.29, 0.717) is 53.4 Å². The molecule has 0 unspecified atom stereocenters. The van der Waals surface area contributed by atoms with Crippen molar-refractivity contribution in [3.63, 3.8) is 0 Å². The van der Waals surface area contributed by atoms with Crippen molar-refractivity contribution in [3.8, 4) is 11.1 Å². The molecule has 1 fully saturated rings. The van der Waals surface area contributed by atoms with Gasteiger partial charge in [0.05, 0.1) is 31.6 Å². The summed E-state index contributed by atoms with van der Waals surface area (Å²) in [6.45, 7) is 0.845. The molecule has 2 aromatic rings. The number of alkyl halides is 2. The first-order valence-corrected chi connectivity index (χ1v) is 7.96. The van der Waals surface area contributed by atoms with Crippen molar-refractivity contribution >= 4 is 5.91 Å². The number of amides is 1. The summed E-state index contributed by atoms with van der Waals surface area (Å²) < 4.78 is 36.9. The first-order valence-electron chi connectivity index (χ1n) is 7.96. The molecule has 2 heterocycles. The Morgan fingerprint density at radius 2 is 2.28 bits per heavy atom. The molecule has 1 aliphatic rings. The molecule has 3 rings (SSSR count). The molecule has 1 aromatic heterocycles. The van der Waals surface area contributed by atoms with Gasteiger partial charge in [0.1, 0.15) is 0 Å². The minimum Gasteiger partial charge on any atom is -0.376 e. The summed E-state index contributed by atoms with van der Waals surface area (Å²) in [7, 11) is 0. The molecule has 134 valence electrons. The molecule has 1 atom stereocenters. The standard InChI is InChI=1S/C17H19F2N3O3/c1-11-15(9-22(21-11)17(18)19)12-3-2-4-13(7-12)16(23)20-8-14-10-24-5-6-25-14/h2-4,7,9,14,17H,5-6,8,10H2,1H3,(H,20,23)/t14-/m0/s1. The zero-order valence-electron chi connectivity index (χ0n) is 13.7. The number of rotatable bonds is 5. The second-order valence-electron chi connectivity index (χ2n) is 5.74. The number of nitrogens with one attached hydrogen (secondary N) is 1. The van der Waals surface area contributed by atoms with Crippen molar-refractivity contribution in [2.45, 2.75) is 19.6 Å². The molecule has 6 nitrogen and oxygen atoms in total. The molecule has 0 radical (unpaired) electrons. The van der Waals surface area contributed by atoms with E-state index in [9.17, 15) is 13.6 Å². The lowest BCUT2D eigenvalue weighted by Crippen LogP contribution is -2.39. The minimum absolute atomic E-state index is 0.160. The predicted molar refractivity (Wildman–Crippen MR) is 86.5 cm³/mol. The van der Waals surface area contributed by atoms with Gasteiger partial charge >= 0.3 is 6.55 Å². The highest BCUT2D eigenvalue weighted by Gasteiger charge is 2.17. The number of aryl methyl sites for hydroxylation is 1. The third-order valence-electron chi connectivity index (χ3n) is 3.93. The van der Waals surface area contributed by atoms with E-state index in [-0.39, 0.29) is 12.0 Å². The summed E-state index contributed by atoms with van der Waals surface area (Å²) in [6, 6.07) is 6.80. The summed E-state index contributed by atoms with van der Waals surface area (Å²) in [6.07, 6.45) is 1.12. The molecular weight excluding hydrogens is 332 g/mol. The number of hydrogen-bond acceptors (Lipinski definition) is 4. The van der Waals surface area contributed by atoms with Gasteiger partial charge in [-0.15, -0.1) is 0 Å². The van der Waals surface area contributed by atoms with Gasteiger partial charge in [-0.25, -0.2) is 4.68 Å². The molecule has 0 spiro atoms. The number of aromatic nitrogens is 2. The van der Waals surface area contributed by atoms with E-state index >= 15 is 0 Å². The van der Waals surface area contributed by atoms with Crippen LogP contribution in [0.3, 0.4) is 0 Å². The first-order chi connectivity index (χ1) is 12.0. The predicted octanol–water partition coefficient (Wildman–Crippen LogP) is 2.40. The highest BCUT2D eigenvalue weighted by Crippen LogP contribution is 2.25. The highest BCUT2D eigenvalue weighted by atomic mass is 19.3. The fourth-order valence-corrected chi connectivity index (χ4v) is 2.66. The van der Waals surface area contributed by atoms with Crippen LogP contribution in [0.2, 0.25) is 0 Å². The maximum atomic E-state index is 12.8. The van der Waals surface area contributed by atoms with E-state index in [2.05, 4.69) is 10.4 Å². The Balaban J connectivity index is 1.71. The number of halogens is 2. The fraction of sp³-hybridized carbons (Fsp3) is 0.412. The molecule has 0 aliphatic carbocycles. The van der Waals surface area contributed by atoms with Gasteiger partial charge in [0.2, 0.25) is 0 Å². The summed E-state index contributed by atoms with van der Waals surface area (Å²) >= 11 is 0. The Labute approximate surface area is 143 Å². The lowest BCUT2D eigenvalue weighted by Gasteiger charge is -2.23. The Morgan fingerprint density at radius 3 is 2.96 bits per heavy atom. The van der Waals surface area contributed by atoms with E-state index in [1.54, 1.807) is 31.2 Å². The van der Waals surface area contributed by atoms with Crippen LogP contribution in [0.5, 0.6) is 0 Å². The third-order valence-corrected chi connectivity index (χ3v) is 3.93. The van der Waals surface area contributed by atoms with Crippen molar-refractivity contribution in [1.29, 1.82) is 0 Å². The normalized spacial score (nSPS) is 17.7. The maximum Gasteiger partial charge on any atom is 0.333 e. The van der Waals surface area contributed by atoms with Gasteiger partial charge in [-0.2, -0.15) is 13.9 Å². The van der Waals surface area contributed by atoms with Crippen LogP contribution in [-0.2, 0) is 9.47 Å². The molecule has 1 aliphatic heterocycles. The zero-order valence-corrected chi connectivity index (χ0v) is 13.7. The molecule has 0 saturated carbocycles. The summed E-state index contributed by atoms with van der Waals surface area (Å²) in [5.41, 5.74) is 2.15. The largest absolute Gasteiger partial charge is 0.376 e. The third kappa shape index (κ3) is 4.21. The zero-order chi connectivity index (χ0) is 17.8. The lowest BCUT2D eigenvalue weighted by molar-refractivity contribution is -0.0855. The van der Waals surface area contributed by atoms with E-state index < -0.39 is 6.55 Å². The highest BCUT2D eigenvalue weighted by molar-refractivity contribution is 5.95. The second-order valence-corrected chi connectivity index (χ2v) is 5.74. The Morgan fingerprint density at radius 1 is 1.44 bits per heavy atom. The van der Waals surface area contributed by atoms with Gasteiger partial charge in [-0.05, 0) is 24.6 Å². The van der Waals surface area contributed by atoms with Gasteiger partial charge in [-0.1, -0.05) is 12.1 Å². The molecule has 25 heavy (non-hydrogen) atoms. The fourth-order valence-electron chi connectivity index (χ4n) is 2.66. The molecule has 1 amide bonds. The molecule has 1 saturated heterocycles. The van der Waals surface area contributed by atoms with Gasteiger partial charge in [0, 0.05) is 23.9 Å². The van der Waals surface area contributed by atoms with Crippen LogP contribution >= 0.6 is 0 Å². The van der Waals surface area contributed by atoms with Gasteiger partial charge in [0.15, 0.2) is 0 Å². The average Bonchev–Trinajstić information content (AvgIpc) is 3.03. The number of nitrogens with zero attached hydrogens (tertiary/aromatic N) is 2. The van der Waals surface area contributed by atoms with Crippen LogP contribution in [0, 0.1) is 6.92 Å². The van der Waals surface area contributed by atoms with E-state index in [0.717, 1.165) is 0 Å². The van der Waals surface area contributed by atoms with Crippen molar-refractivity contribution in [3.05, 3.63) is 41.7 Å². The number of carbonyl (C=O) groups is 1. The lowest BCUT2D eigenvalue weighted by atomic mass is 10.0. The Hall–Kier alpha value is -2.32. The quantitative estimate of drug-likeness (QED) is 0.898. The first kappa shape index (κ1) is 17.5. The molecule has 8 heteroatoms. The smallest absolute Gasteiger partial charge is 0.333 e. The number of ether oxygens (including phenoxy) is 2. The second kappa shape index (κ2) is 7.71. The monoisotopic (exact) mass is 351 g/mol. The van der Waals surface area contributed by atoms with E-state index in [1.807, 2.05) is 0 Å². The Kier molecular flexibility index (Phi) is 5.40. The van der Waals surface area contributed by atoms with Gasteiger partial charge in [-0.3, -0.25) is 4.79 Å².